The Labute approximate surface area is 86.7 Å². The van der Waals surface area contributed by atoms with Crippen molar-refractivity contribution in [1.82, 2.24) is 4.31 Å². The maximum absolute atomic E-state index is 11.3. The van der Waals surface area contributed by atoms with Gasteiger partial charge in [-0.05, 0) is 0 Å². The van der Waals surface area contributed by atoms with E-state index in [1.807, 2.05) is 0 Å². The van der Waals surface area contributed by atoms with Crippen molar-refractivity contribution in [2.24, 2.45) is 5.73 Å². The quantitative estimate of drug-likeness (QED) is 0.584. The Kier molecular flexibility index (Phi) is 3.36. The highest BCUT2D eigenvalue weighted by molar-refractivity contribution is 7.90. The SMILES string of the molecule is NC(=O)C1CC(O)CN1S(=O)(=O)CCl. The number of primary amides is 1. The van der Waals surface area contributed by atoms with E-state index in [2.05, 4.69) is 0 Å². The largest absolute Gasteiger partial charge is 0.392 e. The normalized spacial score (nSPS) is 29.3. The first kappa shape index (κ1) is 11.7. The number of nitrogens with two attached hydrogens (primary N) is 1. The number of amides is 1. The van der Waals surface area contributed by atoms with Crippen LogP contribution in [0.1, 0.15) is 6.42 Å². The second kappa shape index (κ2) is 4.01. The molecular weight excluding hydrogens is 232 g/mol. The van der Waals surface area contributed by atoms with Crippen LogP contribution in [-0.4, -0.2) is 47.6 Å². The minimum atomic E-state index is -3.69. The molecule has 1 aliphatic rings. The molecule has 0 aromatic rings. The lowest BCUT2D eigenvalue weighted by molar-refractivity contribution is -0.121. The fourth-order valence-corrected chi connectivity index (χ4v) is 2.89. The lowest BCUT2D eigenvalue weighted by Gasteiger charge is -2.19. The summed E-state index contributed by atoms with van der Waals surface area (Å²) in [4.78, 5) is 10.9. The summed E-state index contributed by atoms with van der Waals surface area (Å²) < 4.78 is 23.5. The Balaban J connectivity index is 2.93. The van der Waals surface area contributed by atoms with E-state index >= 15 is 0 Å². The zero-order chi connectivity index (χ0) is 10.9. The third-order valence-corrected chi connectivity index (χ3v) is 4.28. The van der Waals surface area contributed by atoms with E-state index in [0.29, 0.717) is 0 Å². The van der Waals surface area contributed by atoms with Gasteiger partial charge in [-0.1, -0.05) is 0 Å². The first-order chi connectivity index (χ1) is 6.38. The van der Waals surface area contributed by atoms with E-state index in [9.17, 15) is 18.3 Å². The number of nitrogens with zero attached hydrogens (tertiary/aromatic N) is 1. The Hall–Kier alpha value is -0.370. The first-order valence-electron chi connectivity index (χ1n) is 3.91. The molecule has 1 amide bonds. The van der Waals surface area contributed by atoms with Crippen molar-refractivity contribution in [3.8, 4) is 0 Å². The number of hydrogen-bond donors (Lipinski definition) is 2. The van der Waals surface area contributed by atoms with Gasteiger partial charge in [0.05, 0.1) is 6.10 Å². The Bertz CT molecular complexity index is 331. The zero-order valence-corrected chi connectivity index (χ0v) is 8.83. The summed E-state index contributed by atoms with van der Waals surface area (Å²) >= 11 is 5.23. The van der Waals surface area contributed by atoms with Crippen molar-refractivity contribution in [2.75, 3.05) is 11.8 Å². The molecule has 0 aromatic carbocycles. The summed E-state index contributed by atoms with van der Waals surface area (Å²) in [5.74, 6) is -0.768. The molecule has 1 rings (SSSR count). The maximum atomic E-state index is 11.3. The summed E-state index contributed by atoms with van der Waals surface area (Å²) in [6.45, 7) is -0.122. The van der Waals surface area contributed by atoms with Gasteiger partial charge in [0.15, 0.2) is 0 Å². The first-order valence-corrected chi connectivity index (χ1v) is 6.05. The number of carbonyl (C=O) groups excluding carboxylic acids is 1. The lowest BCUT2D eigenvalue weighted by Crippen LogP contribution is -2.44. The summed E-state index contributed by atoms with van der Waals surface area (Å²) in [5, 5.41) is 8.60. The van der Waals surface area contributed by atoms with Crippen LogP contribution in [0.2, 0.25) is 0 Å². The van der Waals surface area contributed by atoms with Gasteiger partial charge >= 0.3 is 0 Å². The fraction of sp³-hybridized carbons (Fsp3) is 0.833. The van der Waals surface area contributed by atoms with Crippen molar-refractivity contribution < 1.29 is 18.3 Å². The molecule has 2 unspecified atom stereocenters. The summed E-state index contributed by atoms with van der Waals surface area (Å²) in [6.07, 6.45) is -0.823. The van der Waals surface area contributed by atoms with Crippen molar-refractivity contribution in [1.29, 1.82) is 0 Å². The Morgan fingerprint density at radius 2 is 2.21 bits per heavy atom. The van der Waals surface area contributed by atoms with E-state index in [1.165, 1.54) is 0 Å². The molecule has 1 heterocycles. The maximum Gasteiger partial charge on any atom is 0.235 e. The minimum absolute atomic E-state index is 0.0332. The van der Waals surface area contributed by atoms with Gasteiger partial charge in [-0.2, -0.15) is 4.31 Å². The monoisotopic (exact) mass is 242 g/mol. The number of halogens is 1. The number of carbonyl (C=O) groups is 1. The number of aliphatic hydroxyl groups excluding tert-OH is 1. The molecule has 3 N–H and O–H groups in total. The number of β-amino-alcohol motifs (C(OH)–C–C–N with tert-alkyl or cyclic N) is 1. The molecule has 6 nitrogen and oxygen atoms in total. The van der Waals surface area contributed by atoms with E-state index in [4.69, 9.17) is 17.3 Å². The van der Waals surface area contributed by atoms with Gasteiger partial charge < -0.3 is 10.8 Å². The molecule has 82 valence electrons. The molecule has 1 aliphatic heterocycles. The van der Waals surface area contributed by atoms with Crippen LogP contribution < -0.4 is 5.73 Å². The molecule has 14 heavy (non-hydrogen) atoms. The van der Waals surface area contributed by atoms with E-state index < -0.39 is 33.3 Å². The number of sulfonamides is 1. The standard InChI is InChI=1S/C6H11ClN2O4S/c7-3-14(12,13)9-2-4(10)1-5(9)6(8)11/h4-5,10H,1-3H2,(H2,8,11). The van der Waals surface area contributed by atoms with Crippen LogP contribution >= 0.6 is 11.6 Å². The van der Waals surface area contributed by atoms with Crippen LogP contribution in [0.25, 0.3) is 0 Å². The molecule has 0 aromatic heterocycles. The van der Waals surface area contributed by atoms with Gasteiger partial charge in [-0.25, -0.2) is 8.42 Å². The van der Waals surface area contributed by atoms with Crippen LogP contribution in [0.15, 0.2) is 0 Å². The van der Waals surface area contributed by atoms with Crippen LogP contribution in [-0.2, 0) is 14.8 Å². The van der Waals surface area contributed by atoms with Gasteiger partial charge in [-0.15, -0.1) is 11.6 Å². The van der Waals surface area contributed by atoms with Crippen molar-refractivity contribution in [3.63, 3.8) is 0 Å². The molecule has 8 heteroatoms. The molecule has 0 spiro atoms. The van der Waals surface area contributed by atoms with Gasteiger partial charge in [0.1, 0.15) is 11.3 Å². The van der Waals surface area contributed by atoms with E-state index in [1.54, 1.807) is 0 Å². The predicted octanol–water partition coefficient (Wildman–Crippen LogP) is -1.57. The highest BCUT2D eigenvalue weighted by atomic mass is 35.5. The third-order valence-electron chi connectivity index (χ3n) is 2.06. The van der Waals surface area contributed by atoms with Crippen LogP contribution in [0.4, 0.5) is 0 Å². The van der Waals surface area contributed by atoms with E-state index in [-0.39, 0.29) is 13.0 Å². The van der Waals surface area contributed by atoms with Crippen molar-refractivity contribution >= 4 is 27.5 Å². The third kappa shape index (κ3) is 2.17. The Morgan fingerprint density at radius 3 is 2.64 bits per heavy atom. The zero-order valence-electron chi connectivity index (χ0n) is 7.26. The number of rotatable bonds is 3. The molecule has 0 bridgehead atoms. The lowest BCUT2D eigenvalue weighted by atomic mass is 10.2. The van der Waals surface area contributed by atoms with Gasteiger partial charge in [-0.3, -0.25) is 4.79 Å². The summed E-state index contributed by atoms with van der Waals surface area (Å²) in [6, 6.07) is -0.978. The molecular formula is C6H11ClN2O4S. The highest BCUT2D eigenvalue weighted by Crippen LogP contribution is 2.21. The molecule has 0 radical (unpaired) electrons. The predicted molar refractivity (Wildman–Crippen MR) is 50.0 cm³/mol. The molecule has 0 saturated carbocycles. The number of aliphatic hydroxyl groups is 1. The molecule has 1 fully saturated rings. The molecule has 2 atom stereocenters. The topological polar surface area (TPSA) is 101 Å². The van der Waals surface area contributed by atoms with Crippen LogP contribution in [0.3, 0.4) is 0 Å². The number of hydrogen-bond acceptors (Lipinski definition) is 4. The molecule has 1 saturated heterocycles. The van der Waals surface area contributed by atoms with Gasteiger partial charge in [0, 0.05) is 13.0 Å². The average Bonchev–Trinajstić information content (AvgIpc) is 2.48. The second-order valence-corrected chi connectivity index (χ2v) is 5.60. The van der Waals surface area contributed by atoms with Crippen LogP contribution in [0, 0.1) is 0 Å². The average molecular weight is 243 g/mol. The van der Waals surface area contributed by atoms with Gasteiger partial charge in [0.2, 0.25) is 15.9 Å². The molecule has 0 aliphatic carbocycles. The van der Waals surface area contributed by atoms with Gasteiger partial charge in [0.25, 0.3) is 0 Å². The Morgan fingerprint density at radius 1 is 1.64 bits per heavy atom. The van der Waals surface area contributed by atoms with Crippen LogP contribution in [0.5, 0.6) is 0 Å². The minimum Gasteiger partial charge on any atom is -0.392 e. The smallest absolute Gasteiger partial charge is 0.235 e. The van der Waals surface area contributed by atoms with E-state index in [0.717, 1.165) is 4.31 Å². The second-order valence-electron chi connectivity index (χ2n) is 3.10. The number of alkyl halides is 1. The fourth-order valence-electron chi connectivity index (χ4n) is 1.41. The summed E-state index contributed by atoms with van der Waals surface area (Å²) in [5.41, 5.74) is 5.00. The van der Waals surface area contributed by atoms with Crippen molar-refractivity contribution in [3.05, 3.63) is 0 Å². The van der Waals surface area contributed by atoms with Crippen molar-refractivity contribution in [2.45, 2.75) is 18.6 Å². The summed E-state index contributed by atoms with van der Waals surface area (Å²) in [7, 11) is -3.69. The highest BCUT2D eigenvalue weighted by Gasteiger charge is 2.41.